The number of carbonyl (C=O) groups excluding carboxylic acids is 1. The molecule has 1 atom stereocenters. The number of fused-ring (bicyclic) bond motifs is 1. The maximum absolute atomic E-state index is 12.6. The van der Waals surface area contributed by atoms with E-state index in [4.69, 9.17) is 9.84 Å². The summed E-state index contributed by atoms with van der Waals surface area (Å²) in [5, 5.41) is 16.8. The predicted molar refractivity (Wildman–Crippen MR) is 129 cm³/mol. The van der Waals surface area contributed by atoms with E-state index in [1.165, 1.54) is 0 Å². The zero-order valence-electron chi connectivity index (χ0n) is 19.0. The van der Waals surface area contributed by atoms with Crippen LogP contribution in [0.15, 0.2) is 67.0 Å². The van der Waals surface area contributed by atoms with Gasteiger partial charge in [-0.1, -0.05) is 30.3 Å². The Morgan fingerprint density at radius 3 is 2.54 bits per heavy atom. The van der Waals surface area contributed by atoms with E-state index in [9.17, 15) is 14.9 Å². The van der Waals surface area contributed by atoms with Gasteiger partial charge in [0.15, 0.2) is 11.4 Å². The Bertz CT molecular complexity index is 1340. The number of anilines is 1. The SMILES string of the molecule is O=C(CCC(c1cc(N2CCOCC2)n2nc(-c3ccncc3)cc2n1)[N+](=O)[O-])c1ccccc1. The number of rotatable bonds is 8. The first kappa shape index (κ1) is 22.6. The van der Waals surface area contributed by atoms with E-state index in [0.29, 0.717) is 48.9 Å². The Labute approximate surface area is 201 Å². The van der Waals surface area contributed by atoms with Gasteiger partial charge in [0.05, 0.1) is 18.9 Å². The summed E-state index contributed by atoms with van der Waals surface area (Å²) in [4.78, 5) is 35.1. The highest BCUT2D eigenvalue weighted by atomic mass is 16.6. The molecule has 0 radical (unpaired) electrons. The van der Waals surface area contributed by atoms with Gasteiger partial charge in [0, 0.05) is 66.5 Å². The highest BCUT2D eigenvalue weighted by molar-refractivity contribution is 5.95. The molecule has 5 rings (SSSR count). The lowest BCUT2D eigenvalue weighted by atomic mass is 10.0. The van der Waals surface area contributed by atoms with Crippen LogP contribution in [0.1, 0.15) is 34.9 Å². The van der Waals surface area contributed by atoms with Crippen LogP contribution in [0.2, 0.25) is 0 Å². The van der Waals surface area contributed by atoms with Crippen molar-refractivity contribution in [1.82, 2.24) is 19.6 Å². The lowest BCUT2D eigenvalue weighted by Gasteiger charge is -2.29. The van der Waals surface area contributed by atoms with Crippen molar-refractivity contribution in [2.45, 2.75) is 18.9 Å². The lowest BCUT2D eigenvalue weighted by molar-refractivity contribution is -0.530. The van der Waals surface area contributed by atoms with Crippen LogP contribution >= 0.6 is 0 Å². The summed E-state index contributed by atoms with van der Waals surface area (Å²) >= 11 is 0. The molecule has 4 heterocycles. The van der Waals surface area contributed by atoms with E-state index in [-0.39, 0.29) is 23.5 Å². The monoisotopic (exact) mass is 472 g/mol. The molecule has 35 heavy (non-hydrogen) atoms. The minimum absolute atomic E-state index is 0.0525. The Hall–Kier alpha value is -4.18. The molecule has 1 aliphatic rings. The Balaban J connectivity index is 1.52. The number of nitrogens with zero attached hydrogens (tertiary/aromatic N) is 6. The molecule has 1 fully saturated rings. The summed E-state index contributed by atoms with van der Waals surface area (Å²) in [5.41, 5.74) is 2.94. The van der Waals surface area contributed by atoms with Gasteiger partial charge in [0.25, 0.3) is 6.04 Å². The number of aromatic nitrogens is 4. The molecule has 4 aromatic rings. The second-order valence-electron chi connectivity index (χ2n) is 8.30. The van der Waals surface area contributed by atoms with Gasteiger partial charge in [-0.2, -0.15) is 9.61 Å². The zero-order valence-corrected chi connectivity index (χ0v) is 19.0. The third-order valence-corrected chi connectivity index (χ3v) is 6.08. The average Bonchev–Trinajstić information content (AvgIpc) is 3.34. The minimum atomic E-state index is -1.12. The minimum Gasteiger partial charge on any atom is -0.378 e. The molecule has 1 aromatic carbocycles. The van der Waals surface area contributed by atoms with Crippen LogP contribution in [-0.2, 0) is 4.74 Å². The van der Waals surface area contributed by atoms with E-state index in [0.717, 1.165) is 11.4 Å². The Kier molecular flexibility index (Phi) is 6.44. The second kappa shape index (κ2) is 9.98. The first-order chi connectivity index (χ1) is 17.1. The Morgan fingerprint density at radius 1 is 1.09 bits per heavy atom. The number of nitro groups is 1. The fourth-order valence-corrected chi connectivity index (χ4v) is 4.23. The quantitative estimate of drug-likeness (QED) is 0.217. The van der Waals surface area contributed by atoms with Crippen molar-refractivity contribution in [2.24, 2.45) is 0 Å². The van der Waals surface area contributed by atoms with Crippen LogP contribution in [-0.4, -0.2) is 56.6 Å². The molecule has 0 amide bonds. The van der Waals surface area contributed by atoms with Crippen LogP contribution in [0.25, 0.3) is 16.9 Å². The third kappa shape index (κ3) is 4.87. The lowest BCUT2D eigenvalue weighted by Crippen LogP contribution is -2.37. The van der Waals surface area contributed by atoms with Gasteiger partial charge >= 0.3 is 0 Å². The molecule has 0 spiro atoms. The standard InChI is InChI=1S/C25H24N6O4/c32-23(19-4-2-1-3-5-19)7-6-22(31(33)34)21-17-25(29-12-14-35-15-13-29)30-24(27-21)16-20(28-30)18-8-10-26-11-9-18/h1-5,8-11,16-17,22H,6-7,12-15H2. The number of Topliss-reactive ketones (excluding diaryl/α,β-unsaturated/α-hetero) is 1. The molecule has 3 aromatic heterocycles. The van der Waals surface area contributed by atoms with Crippen LogP contribution in [0.5, 0.6) is 0 Å². The molecule has 178 valence electrons. The average molecular weight is 473 g/mol. The normalized spacial score (nSPS) is 14.7. The number of hydrogen-bond acceptors (Lipinski definition) is 8. The molecule has 10 heteroatoms. The summed E-state index contributed by atoms with van der Waals surface area (Å²) in [6, 6.07) is 15.0. The van der Waals surface area contributed by atoms with E-state index in [2.05, 4.69) is 14.9 Å². The van der Waals surface area contributed by atoms with Crippen molar-refractivity contribution in [1.29, 1.82) is 0 Å². The number of morpholine rings is 1. The van der Waals surface area contributed by atoms with Gasteiger partial charge in [-0.05, 0) is 12.1 Å². The molecule has 10 nitrogen and oxygen atoms in total. The van der Waals surface area contributed by atoms with Crippen LogP contribution in [0, 0.1) is 10.1 Å². The molecular weight excluding hydrogens is 448 g/mol. The Morgan fingerprint density at radius 2 is 1.83 bits per heavy atom. The first-order valence-electron chi connectivity index (χ1n) is 11.5. The number of pyridine rings is 1. The summed E-state index contributed by atoms with van der Waals surface area (Å²) in [6.07, 6.45) is 3.48. The van der Waals surface area contributed by atoms with Crippen molar-refractivity contribution < 1.29 is 14.5 Å². The molecule has 0 bridgehead atoms. The molecule has 0 aliphatic carbocycles. The van der Waals surface area contributed by atoms with Crippen molar-refractivity contribution in [3.63, 3.8) is 0 Å². The number of ether oxygens (including phenoxy) is 1. The number of ketones is 1. The summed E-state index contributed by atoms with van der Waals surface area (Å²) in [5.74, 6) is 0.589. The van der Waals surface area contributed by atoms with Crippen molar-refractivity contribution >= 4 is 17.2 Å². The van der Waals surface area contributed by atoms with Crippen LogP contribution < -0.4 is 4.90 Å². The summed E-state index contributed by atoms with van der Waals surface area (Å²) in [7, 11) is 0. The molecule has 1 aliphatic heterocycles. The van der Waals surface area contributed by atoms with Crippen LogP contribution in [0.4, 0.5) is 5.82 Å². The van der Waals surface area contributed by atoms with E-state index in [1.807, 2.05) is 24.3 Å². The van der Waals surface area contributed by atoms with Gasteiger partial charge in [0.2, 0.25) is 0 Å². The number of benzene rings is 1. The number of carbonyl (C=O) groups is 1. The molecule has 0 N–H and O–H groups in total. The van der Waals surface area contributed by atoms with Gasteiger partial charge in [-0.25, -0.2) is 4.98 Å². The van der Waals surface area contributed by atoms with E-state index < -0.39 is 6.04 Å². The molecule has 1 saturated heterocycles. The van der Waals surface area contributed by atoms with Gasteiger partial charge in [-0.15, -0.1) is 0 Å². The maximum atomic E-state index is 12.6. The van der Waals surface area contributed by atoms with Gasteiger partial charge in [-0.3, -0.25) is 19.9 Å². The largest absolute Gasteiger partial charge is 0.378 e. The predicted octanol–water partition coefficient (Wildman–Crippen LogP) is 3.61. The fourth-order valence-electron chi connectivity index (χ4n) is 4.23. The third-order valence-electron chi connectivity index (χ3n) is 6.08. The highest BCUT2D eigenvalue weighted by Gasteiger charge is 2.29. The molecular formula is C25H24N6O4. The van der Waals surface area contributed by atoms with Crippen molar-refractivity contribution in [3.05, 3.63) is 88.4 Å². The zero-order chi connectivity index (χ0) is 24.2. The van der Waals surface area contributed by atoms with Gasteiger partial charge in [0.1, 0.15) is 11.5 Å². The van der Waals surface area contributed by atoms with E-state index >= 15 is 0 Å². The fraction of sp³-hybridized carbons (Fsp3) is 0.280. The smallest absolute Gasteiger partial charge is 0.255 e. The topological polar surface area (TPSA) is 116 Å². The van der Waals surface area contributed by atoms with Gasteiger partial charge < -0.3 is 9.64 Å². The second-order valence-corrected chi connectivity index (χ2v) is 8.30. The highest BCUT2D eigenvalue weighted by Crippen LogP contribution is 2.29. The van der Waals surface area contributed by atoms with Crippen molar-refractivity contribution in [2.75, 3.05) is 31.2 Å². The molecule has 0 saturated carbocycles. The summed E-state index contributed by atoms with van der Waals surface area (Å²) < 4.78 is 7.21. The van der Waals surface area contributed by atoms with E-state index in [1.54, 1.807) is 47.2 Å². The summed E-state index contributed by atoms with van der Waals surface area (Å²) in [6.45, 7) is 2.39. The molecule has 1 unspecified atom stereocenters. The van der Waals surface area contributed by atoms with Crippen molar-refractivity contribution in [3.8, 4) is 11.3 Å². The number of hydrogen-bond donors (Lipinski definition) is 0. The maximum Gasteiger partial charge on any atom is 0.255 e. The van der Waals surface area contributed by atoms with Crippen LogP contribution in [0.3, 0.4) is 0 Å². The first-order valence-corrected chi connectivity index (χ1v) is 11.5.